The number of carbonyl (C=O) groups excluding carboxylic acids is 3. The van der Waals surface area contributed by atoms with Gasteiger partial charge in [-0.05, 0) is 63.4 Å². The van der Waals surface area contributed by atoms with Gasteiger partial charge in [-0.2, -0.15) is 0 Å². The number of piperazine rings is 1. The van der Waals surface area contributed by atoms with Crippen molar-refractivity contribution in [2.45, 2.75) is 58.7 Å². The summed E-state index contributed by atoms with van der Waals surface area (Å²) < 4.78 is 13.9. The average molecular weight is 578 g/mol. The predicted molar refractivity (Wildman–Crippen MR) is 159 cm³/mol. The zero-order chi connectivity index (χ0) is 30.3. The van der Waals surface area contributed by atoms with Gasteiger partial charge in [0, 0.05) is 39.6 Å². The number of ether oxygens (including phenoxy) is 2. The van der Waals surface area contributed by atoms with Gasteiger partial charge in [0.25, 0.3) is 5.91 Å². The quantitative estimate of drug-likeness (QED) is 0.427. The van der Waals surface area contributed by atoms with Crippen molar-refractivity contribution in [3.05, 3.63) is 58.0 Å². The van der Waals surface area contributed by atoms with Gasteiger partial charge in [-0.25, -0.2) is 9.59 Å². The zero-order valence-corrected chi connectivity index (χ0v) is 25.2. The second-order valence-electron chi connectivity index (χ2n) is 12.0. The molecule has 11 heteroatoms. The van der Waals surface area contributed by atoms with Crippen LogP contribution in [0.5, 0.6) is 5.75 Å². The third-order valence-corrected chi connectivity index (χ3v) is 7.96. The lowest BCUT2D eigenvalue weighted by Crippen LogP contribution is -2.50. The number of hydrogen-bond acceptors (Lipinski definition) is 7. The van der Waals surface area contributed by atoms with Crippen molar-refractivity contribution in [3.63, 3.8) is 0 Å². The van der Waals surface area contributed by atoms with E-state index < -0.39 is 11.6 Å². The minimum atomic E-state index is -0.795. The van der Waals surface area contributed by atoms with Crippen molar-refractivity contribution < 1.29 is 23.9 Å². The Hall–Kier alpha value is -4.28. The van der Waals surface area contributed by atoms with Crippen LogP contribution in [0, 0.1) is 6.92 Å². The van der Waals surface area contributed by atoms with Crippen molar-refractivity contribution >= 4 is 34.6 Å². The summed E-state index contributed by atoms with van der Waals surface area (Å²) in [6, 6.07) is 10.3. The lowest BCUT2D eigenvalue weighted by Gasteiger charge is -2.37. The maximum absolute atomic E-state index is 13.8. The maximum atomic E-state index is 13.8. The SMILES string of the molecule is COc1ccc(CN2C(=O)CCC(n3c(=O)n(C)c4c(N5CCN(C(=O)OC(C)(C)C)CC5)c(C)ccc43)C2=O)cc1. The predicted octanol–water partition coefficient (Wildman–Crippen LogP) is 3.60. The van der Waals surface area contributed by atoms with Crippen molar-refractivity contribution in [2.75, 3.05) is 38.2 Å². The lowest BCUT2D eigenvalue weighted by molar-refractivity contribution is -0.151. The number of aryl methyl sites for hydroxylation is 2. The summed E-state index contributed by atoms with van der Waals surface area (Å²) in [5.41, 5.74) is 3.21. The number of imidazole rings is 1. The Morgan fingerprint density at radius 3 is 2.26 bits per heavy atom. The summed E-state index contributed by atoms with van der Waals surface area (Å²) in [7, 11) is 3.30. The van der Waals surface area contributed by atoms with E-state index in [1.54, 1.807) is 40.3 Å². The Kier molecular flexibility index (Phi) is 7.78. The molecule has 1 atom stereocenters. The van der Waals surface area contributed by atoms with Gasteiger partial charge in [-0.1, -0.05) is 18.2 Å². The highest BCUT2D eigenvalue weighted by molar-refractivity contribution is 6.01. The van der Waals surface area contributed by atoms with E-state index >= 15 is 0 Å². The highest BCUT2D eigenvalue weighted by Crippen LogP contribution is 2.34. The molecule has 3 amide bonds. The second-order valence-corrected chi connectivity index (χ2v) is 12.0. The van der Waals surface area contributed by atoms with Crippen LogP contribution < -0.4 is 15.3 Å². The number of likely N-dealkylation sites (tertiary alicyclic amines) is 1. The van der Waals surface area contributed by atoms with E-state index in [1.165, 1.54) is 4.90 Å². The van der Waals surface area contributed by atoms with Crippen LogP contribution in [0.25, 0.3) is 11.0 Å². The third kappa shape index (κ3) is 5.47. The van der Waals surface area contributed by atoms with Crippen molar-refractivity contribution in [2.24, 2.45) is 7.05 Å². The normalized spacial score (nSPS) is 18.1. The van der Waals surface area contributed by atoms with E-state index in [4.69, 9.17) is 9.47 Å². The van der Waals surface area contributed by atoms with Crippen LogP contribution in [0.2, 0.25) is 0 Å². The number of piperidine rings is 1. The van der Waals surface area contributed by atoms with E-state index in [-0.39, 0.29) is 43.0 Å². The van der Waals surface area contributed by atoms with Crippen molar-refractivity contribution in [1.82, 2.24) is 18.9 Å². The number of rotatable bonds is 5. The van der Waals surface area contributed by atoms with Gasteiger partial charge in [-0.3, -0.25) is 23.6 Å². The smallest absolute Gasteiger partial charge is 0.410 e. The fourth-order valence-corrected chi connectivity index (χ4v) is 5.84. The van der Waals surface area contributed by atoms with Crippen LogP contribution in [0.15, 0.2) is 41.2 Å². The van der Waals surface area contributed by atoms with Crippen LogP contribution in [0.1, 0.15) is 50.8 Å². The van der Waals surface area contributed by atoms with E-state index in [9.17, 15) is 19.2 Å². The fourth-order valence-electron chi connectivity index (χ4n) is 5.84. The van der Waals surface area contributed by atoms with Gasteiger partial charge in [0.15, 0.2) is 0 Å². The summed E-state index contributed by atoms with van der Waals surface area (Å²) in [4.78, 5) is 58.1. The molecule has 0 N–H and O–H groups in total. The molecule has 224 valence electrons. The van der Waals surface area contributed by atoms with Crippen molar-refractivity contribution in [3.8, 4) is 5.75 Å². The van der Waals surface area contributed by atoms with Crippen LogP contribution in [0.3, 0.4) is 0 Å². The number of methoxy groups -OCH3 is 1. The molecule has 0 bridgehead atoms. The van der Waals surface area contributed by atoms with Crippen molar-refractivity contribution in [1.29, 1.82) is 0 Å². The zero-order valence-electron chi connectivity index (χ0n) is 25.2. The number of nitrogens with zero attached hydrogens (tertiary/aromatic N) is 5. The van der Waals surface area contributed by atoms with E-state index in [2.05, 4.69) is 4.90 Å². The Morgan fingerprint density at radius 2 is 1.64 bits per heavy atom. The summed E-state index contributed by atoms with van der Waals surface area (Å²) in [6.45, 7) is 9.80. The molecular weight excluding hydrogens is 538 g/mol. The molecule has 2 saturated heterocycles. The molecule has 11 nitrogen and oxygen atoms in total. The number of benzene rings is 2. The number of hydrogen-bond donors (Lipinski definition) is 0. The Labute approximate surface area is 245 Å². The van der Waals surface area contributed by atoms with Crippen LogP contribution in [-0.4, -0.2) is 75.7 Å². The molecule has 1 aromatic heterocycles. The Morgan fingerprint density at radius 1 is 0.976 bits per heavy atom. The molecule has 0 spiro atoms. The molecule has 42 heavy (non-hydrogen) atoms. The van der Waals surface area contributed by atoms with Gasteiger partial charge >= 0.3 is 11.8 Å². The topological polar surface area (TPSA) is 106 Å². The van der Waals surface area contributed by atoms with E-state index in [1.807, 2.05) is 52.0 Å². The first kappa shape index (κ1) is 29.2. The molecule has 2 aliphatic rings. The van der Waals surface area contributed by atoms with Gasteiger partial charge in [0.2, 0.25) is 5.91 Å². The largest absolute Gasteiger partial charge is 0.497 e. The van der Waals surface area contributed by atoms with Gasteiger partial charge in [-0.15, -0.1) is 0 Å². The van der Waals surface area contributed by atoms with Crippen LogP contribution in [-0.2, 0) is 27.9 Å². The standard InChI is InChI=1S/C31H39N5O6/c1-20-7-12-23-27(26(20)33-15-17-34(18-16-33)30(40)42-31(2,3)4)32(5)29(39)36(23)24-13-14-25(37)35(28(24)38)19-21-8-10-22(41-6)11-9-21/h7-12,24H,13-19H2,1-6H3. The first-order valence-corrected chi connectivity index (χ1v) is 14.3. The van der Waals surface area contributed by atoms with E-state index in [0.29, 0.717) is 37.4 Å². The number of imide groups is 1. The number of carbonyl (C=O) groups is 3. The highest BCUT2D eigenvalue weighted by Gasteiger charge is 2.38. The average Bonchev–Trinajstić information content (AvgIpc) is 3.20. The van der Waals surface area contributed by atoms with Gasteiger partial charge in [0.05, 0.1) is 30.4 Å². The molecule has 2 fully saturated rings. The molecule has 0 radical (unpaired) electrons. The molecule has 3 aromatic rings. The monoisotopic (exact) mass is 577 g/mol. The molecule has 2 aliphatic heterocycles. The molecule has 0 aliphatic carbocycles. The number of aromatic nitrogens is 2. The molecular formula is C31H39N5O6. The number of fused-ring (bicyclic) bond motifs is 1. The maximum Gasteiger partial charge on any atom is 0.410 e. The third-order valence-electron chi connectivity index (χ3n) is 7.96. The first-order valence-electron chi connectivity index (χ1n) is 14.3. The minimum absolute atomic E-state index is 0.129. The Bertz CT molecular complexity index is 1570. The summed E-state index contributed by atoms with van der Waals surface area (Å²) >= 11 is 0. The van der Waals surface area contributed by atoms with Gasteiger partial charge < -0.3 is 19.3 Å². The molecule has 1 unspecified atom stereocenters. The summed E-state index contributed by atoms with van der Waals surface area (Å²) in [5, 5.41) is 0. The lowest BCUT2D eigenvalue weighted by atomic mass is 10.0. The fraction of sp³-hybridized carbons (Fsp3) is 0.484. The molecule has 2 aromatic carbocycles. The molecule has 0 saturated carbocycles. The van der Waals surface area contributed by atoms with Gasteiger partial charge in [0.1, 0.15) is 17.4 Å². The number of anilines is 1. The Balaban J connectivity index is 1.44. The number of amides is 3. The van der Waals surface area contributed by atoms with Crippen LogP contribution >= 0.6 is 0 Å². The molecule has 5 rings (SSSR count). The first-order chi connectivity index (χ1) is 19.9. The summed E-state index contributed by atoms with van der Waals surface area (Å²) in [6.07, 6.45) is 0.0917. The molecule has 3 heterocycles. The highest BCUT2D eigenvalue weighted by atomic mass is 16.6. The minimum Gasteiger partial charge on any atom is -0.497 e. The van der Waals surface area contributed by atoms with E-state index in [0.717, 1.165) is 22.3 Å². The summed E-state index contributed by atoms with van der Waals surface area (Å²) in [5.74, 6) is 0.0529. The van der Waals surface area contributed by atoms with Crippen LogP contribution in [0.4, 0.5) is 10.5 Å². The second kappa shape index (κ2) is 11.2.